The first-order chi connectivity index (χ1) is 13.1. The van der Waals surface area contributed by atoms with Gasteiger partial charge in [-0.15, -0.1) is 23.2 Å². The maximum Gasteiger partial charge on any atom is 0.198 e. The molecule has 156 valence electrons. The van der Waals surface area contributed by atoms with Gasteiger partial charge in [-0.2, -0.15) is 0 Å². The van der Waals surface area contributed by atoms with Crippen molar-refractivity contribution in [2.75, 3.05) is 6.61 Å². The minimum atomic E-state index is -0.584. The summed E-state index contributed by atoms with van der Waals surface area (Å²) < 4.78 is 5.52. The summed E-state index contributed by atoms with van der Waals surface area (Å²) in [7, 11) is 0. The van der Waals surface area contributed by atoms with E-state index in [0.717, 1.165) is 57.0 Å². The van der Waals surface area contributed by atoms with Gasteiger partial charge in [0, 0.05) is 13.0 Å². The Labute approximate surface area is 177 Å². The Morgan fingerprint density at radius 3 is 2.11 bits per heavy atom. The molecule has 0 heterocycles. The molecule has 0 aromatic rings. The van der Waals surface area contributed by atoms with Gasteiger partial charge in [-0.3, -0.25) is 4.79 Å². The van der Waals surface area contributed by atoms with Crippen LogP contribution in [0.4, 0.5) is 0 Å². The van der Waals surface area contributed by atoms with E-state index in [1.54, 1.807) is 0 Å². The molecule has 27 heavy (non-hydrogen) atoms. The smallest absolute Gasteiger partial charge is 0.198 e. The van der Waals surface area contributed by atoms with Gasteiger partial charge in [0.15, 0.2) is 6.29 Å². The van der Waals surface area contributed by atoms with Crippen LogP contribution in [-0.4, -0.2) is 23.3 Å². The lowest BCUT2D eigenvalue weighted by Gasteiger charge is -2.21. The van der Waals surface area contributed by atoms with Gasteiger partial charge < -0.3 is 4.74 Å². The summed E-state index contributed by atoms with van der Waals surface area (Å²) >= 11 is 12.8. The molecular weight excluding hydrogens is 379 g/mol. The molecule has 0 aromatic carbocycles. The number of unbranched alkanes of at least 4 members (excludes halogenated alkanes) is 9. The Bertz CT molecular complexity index is 400. The average molecular weight is 417 g/mol. The Hall–Kier alpha value is 0.210. The van der Waals surface area contributed by atoms with Crippen LogP contribution in [0.1, 0.15) is 103 Å². The normalized spacial score (nSPS) is 24.6. The Morgan fingerprint density at radius 2 is 1.52 bits per heavy atom. The third kappa shape index (κ3) is 9.99. The largest absolute Gasteiger partial charge is 0.378 e. The molecule has 2 nitrogen and oxygen atoms in total. The molecule has 0 N–H and O–H groups in total. The lowest BCUT2D eigenvalue weighted by Crippen LogP contribution is -2.21. The molecule has 3 atom stereocenters. The predicted molar refractivity (Wildman–Crippen MR) is 115 cm³/mol. The van der Waals surface area contributed by atoms with Crippen LogP contribution in [0.25, 0.3) is 0 Å². The van der Waals surface area contributed by atoms with E-state index in [9.17, 15) is 4.79 Å². The number of hydrogen-bond donors (Lipinski definition) is 0. The van der Waals surface area contributed by atoms with Crippen molar-refractivity contribution >= 4 is 29.5 Å². The summed E-state index contributed by atoms with van der Waals surface area (Å²) in [5.74, 6) is 1.70. The lowest BCUT2D eigenvalue weighted by atomic mass is 9.98. The van der Waals surface area contributed by atoms with Crippen molar-refractivity contribution in [2.24, 2.45) is 11.8 Å². The van der Waals surface area contributed by atoms with Gasteiger partial charge in [-0.25, -0.2) is 0 Å². The first-order valence-corrected chi connectivity index (χ1v) is 12.0. The lowest BCUT2D eigenvalue weighted by molar-refractivity contribution is 0.0198. The summed E-state index contributed by atoms with van der Waals surface area (Å²) in [6.07, 6.45) is 22.8. The zero-order chi connectivity index (χ0) is 19.4. The highest BCUT2D eigenvalue weighted by atomic mass is 35.5. The van der Waals surface area contributed by atoms with Gasteiger partial charge in [0.1, 0.15) is 4.33 Å². The fourth-order valence-corrected chi connectivity index (χ4v) is 5.16. The van der Waals surface area contributed by atoms with Crippen molar-refractivity contribution in [3.63, 3.8) is 0 Å². The molecule has 2 rings (SSSR count). The topological polar surface area (TPSA) is 26.3 Å². The SMILES string of the molecule is O=[C]CCCCCC(Cl)(Cl)CCCCCCCCCOC1CC2[CH]CC1C2. The molecule has 0 aromatic heterocycles. The minimum absolute atomic E-state index is 0.532. The van der Waals surface area contributed by atoms with Crippen LogP contribution in [-0.2, 0) is 9.53 Å². The van der Waals surface area contributed by atoms with E-state index < -0.39 is 4.33 Å². The molecule has 4 heteroatoms. The van der Waals surface area contributed by atoms with Crippen LogP contribution >= 0.6 is 23.2 Å². The first-order valence-electron chi connectivity index (χ1n) is 11.3. The van der Waals surface area contributed by atoms with Gasteiger partial charge >= 0.3 is 0 Å². The second-order valence-corrected chi connectivity index (χ2v) is 10.3. The van der Waals surface area contributed by atoms with Crippen LogP contribution in [0.5, 0.6) is 0 Å². The van der Waals surface area contributed by atoms with Crippen molar-refractivity contribution < 1.29 is 9.53 Å². The highest BCUT2D eigenvalue weighted by Gasteiger charge is 2.40. The second kappa shape index (κ2) is 13.4. The number of fused-ring (bicyclic) bond motifs is 2. The van der Waals surface area contributed by atoms with Gasteiger partial charge in [0.25, 0.3) is 0 Å². The molecule has 0 amide bonds. The maximum absolute atomic E-state index is 10.2. The van der Waals surface area contributed by atoms with E-state index in [2.05, 4.69) is 6.42 Å². The number of rotatable bonds is 17. The Kier molecular flexibility index (Phi) is 11.7. The summed E-state index contributed by atoms with van der Waals surface area (Å²) in [6.45, 7) is 0.958. The highest BCUT2D eigenvalue weighted by Crippen LogP contribution is 2.45. The summed E-state index contributed by atoms with van der Waals surface area (Å²) in [6, 6.07) is 0. The Balaban J connectivity index is 1.32. The van der Waals surface area contributed by atoms with Crippen LogP contribution in [0.2, 0.25) is 0 Å². The van der Waals surface area contributed by atoms with Crippen LogP contribution in [0.15, 0.2) is 0 Å². The summed E-state index contributed by atoms with van der Waals surface area (Å²) in [5.41, 5.74) is 0. The molecule has 2 saturated carbocycles. The minimum Gasteiger partial charge on any atom is -0.378 e. The van der Waals surface area contributed by atoms with Crippen molar-refractivity contribution in [3.8, 4) is 0 Å². The number of ether oxygens (including phenoxy) is 1. The fourth-order valence-electron chi connectivity index (χ4n) is 4.63. The number of alkyl halides is 2. The third-order valence-electron chi connectivity index (χ3n) is 6.28. The highest BCUT2D eigenvalue weighted by molar-refractivity contribution is 6.48. The third-order valence-corrected chi connectivity index (χ3v) is 7.03. The van der Waals surface area contributed by atoms with Crippen molar-refractivity contribution in [1.82, 2.24) is 0 Å². The van der Waals surface area contributed by atoms with E-state index in [0.29, 0.717) is 12.5 Å². The van der Waals surface area contributed by atoms with Crippen molar-refractivity contribution in [3.05, 3.63) is 6.42 Å². The summed E-state index contributed by atoms with van der Waals surface area (Å²) in [5, 5.41) is 0. The average Bonchev–Trinajstić information content (AvgIpc) is 3.26. The quantitative estimate of drug-likeness (QED) is 0.183. The molecular formula is C23H38Cl2O2. The van der Waals surface area contributed by atoms with Crippen molar-refractivity contribution in [1.29, 1.82) is 0 Å². The summed E-state index contributed by atoms with van der Waals surface area (Å²) in [4.78, 5) is 10.2. The molecule has 0 spiro atoms. The molecule has 2 aliphatic rings. The van der Waals surface area contributed by atoms with Crippen LogP contribution in [0, 0.1) is 18.3 Å². The monoisotopic (exact) mass is 416 g/mol. The van der Waals surface area contributed by atoms with E-state index in [1.165, 1.54) is 57.8 Å². The predicted octanol–water partition coefficient (Wildman–Crippen LogP) is 7.36. The van der Waals surface area contributed by atoms with Gasteiger partial charge in [0.2, 0.25) is 0 Å². The van der Waals surface area contributed by atoms with Gasteiger partial charge in [0.05, 0.1) is 6.10 Å². The van der Waals surface area contributed by atoms with E-state index in [4.69, 9.17) is 27.9 Å². The second-order valence-electron chi connectivity index (χ2n) is 8.66. The molecule has 2 aliphatic carbocycles. The molecule has 2 bridgehead atoms. The zero-order valence-electron chi connectivity index (χ0n) is 16.9. The first kappa shape index (κ1) is 23.5. The molecule has 0 saturated heterocycles. The van der Waals surface area contributed by atoms with E-state index >= 15 is 0 Å². The zero-order valence-corrected chi connectivity index (χ0v) is 18.4. The molecule has 3 unspecified atom stereocenters. The van der Waals surface area contributed by atoms with Gasteiger partial charge in [-0.1, -0.05) is 51.4 Å². The molecule has 2 fully saturated rings. The van der Waals surface area contributed by atoms with Crippen molar-refractivity contribution in [2.45, 2.75) is 113 Å². The maximum atomic E-state index is 10.2. The van der Waals surface area contributed by atoms with E-state index in [-0.39, 0.29) is 0 Å². The fraction of sp³-hybridized carbons (Fsp3) is 0.913. The number of hydrogen-bond acceptors (Lipinski definition) is 2. The molecule has 2 radical (unpaired) electrons. The standard InChI is InChI=1S/C23H38Cl2O2/c24-23(25,15-9-5-6-10-16-26)14-8-4-2-1-3-7-11-17-27-22-19-20-12-13-21(22)18-20/h12,20-22H,1-11,13-15,17-19H2. The Morgan fingerprint density at radius 1 is 0.889 bits per heavy atom. The van der Waals surface area contributed by atoms with E-state index in [1.807, 2.05) is 6.29 Å². The number of halogens is 2. The van der Waals surface area contributed by atoms with Crippen LogP contribution < -0.4 is 0 Å². The van der Waals surface area contributed by atoms with Crippen LogP contribution in [0.3, 0.4) is 0 Å². The number of carbonyl (C=O) groups excluding carboxylic acids is 1. The molecule has 0 aliphatic heterocycles. The van der Waals surface area contributed by atoms with Gasteiger partial charge in [-0.05, 0) is 63.2 Å².